The summed E-state index contributed by atoms with van der Waals surface area (Å²) in [5, 5.41) is 0. The molecule has 2 heterocycles. The molecule has 222 valence electrons. The zero-order chi connectivity index (χ0) is 29.9. The van der Waals surface area contributed by atoms with Crippen molar-refractivity contribution in [2.75, 3.05) is 18.6 Å². The van der Waals surface area contributed by atoms with E-state index in [0.717, 1.165) is 24.8 Å². The van der Waals surface area contributed by atoms with Gasteiger partial charge in [-0.3, -0.25) is 14.4 Å². The maximum absolute atomic E-state index is 13.4. The molecular weight excluding hydrogens is 512 g/mol. The number of methoxy groups -OCH3 is 1. The highest BCUT2D eigenvalue weighted by Gasteiger charge is 2.39. The zero-order valence-corrected chi connectivity index (χ0v) is 26.0. The predicted octanol–water partition coefficient (Wildman–Crippen LogP) is 6.65. The smallest absolute Gasteiger partial charge is 0.306 e. The normalized spacial score (nSPS) is 21.8. The molecule has 0 spiro atoms. The summed E-state index contributed by atoms with van der Waals surface area (Å²) < 4.78 is 4.82. The molecule has 4 atom stereocenters. The molecule has 6 nitrogen and oxygen atoms in total. The second-order valence-electron chi connectivity index (χ2n) is 13.4. The van der Waals surface area contributed by atoms with Crippen LogP contribution in [0.1, 0.15) is 96.4 Å². The number of likely N-dealkylation sites (tertiary alicyclic amines) is 1. The van der Waals surface area contributed by atoms with Gasteiger partial charge in [0.1, 0.15) is 0 Å². The van der Waals surface area contributed by atoms with Crippen LogP contribution >= 0.6 is 0 Å². The fourth-order valence-corrected chi connectivity index (χ4v) is 6.51. The third-order valence-electron chi connectivity index (χ3n) is 9.09. The molecule has 0 aliphatic carbocycles. The first-order chi connectivity index (χ1) is 19.4. The number of esters is 1. The highest BCUT2D eigenvalue weighted by atomic mass is 16.5. The molecule has 2 aliphatic rings. The summed E-state index contributed by atoms with van der Waals surface area (Å²) in [5.41, 5.74) is 4.96. The van der Waals surface area contributed by atoms with E-state index in [-0.39, 0.29) is 29.4 Å². The molecule has 0 saturated carbocycles. The summed E-state index contributed by atoms with van der Waals surface area (Å²) in [4.78, 5) is 43.0. The standard InChI is InChI=1S/C35H48N2O4/c1-23(2)29(22-33(39)41-7)34(40)36-20-8-9-31(36)32(38)21-25-11-13-26(14-12-25)30-19-10-24(3)37(30)28-17-15-27(16-18-28)35(4,5)6/h11-18,23-24,29-31H,8-10,19-22H2,1-7H3/t24-,29+,30+,31+/m1/s1. The molecule has 4 rings (SSSR count). The van der Waals surface area contributed by atoms with Crippen LogP contribution in [0.25, 0.3) is 0 Å². The topological polar surface area (TPSA) is 66.9 Å². The van der Waals surface area contributed by atoms with Crippen molar-refractivity contribution in [3.8, 4) is 0 Å². The molecule has 2 aliphatic heterocycles. The van der Waals surface area contributed by atoms with Gasteiger partial charge in [-0.15, -0.1) is 0 Å². The molecule has 41 heavy (non-hydrogen) atoms. The lowest BCUT2D eigenvalue weighted by Gasteiger charge is -2.32. The van der Waals surface area contributed by atoms with Crippen LogP contribution in [0.5, 0.6) is 0 Å². The van der Waals surface area contributed by atoms with Gasteiger partial charge in [0, 0.05) is 24.7 Å². The number of carbonyl (C=O) groups excluding carboxylic acids is 3. The first-order valence-corrected chi connectivity index (χ1v) is 15.3. The highest BCUT2D eigenvalue weighted by Crippen LogP contribution is 2.40. The lowest BCUT2D eigenvalue weighted by atomic mass is 9.87. The average Bonchev–Trinajstić information content (AvgIpc) is 3.58. The molecular formula is C35H48N2O4. The van der Waals surface area contributed by atoms with Gasteiger partial charge in [0.05, 0.1) is 31.5 Å². The first-order valence-electron chi connectivity index (χ1n) is 15.3. The SMILES string of the molecule is COC(=O)C[C@H](C(=O)N1CCC[C@H]1C(=O)Cc1ccc([C@@H]2CC[C@@H](C)N2c2ccc(C(C)(C)C)cc2)cc1)C(C)C. The van der Waals surface area contributed by atoms with Gasteiger partial charge in [-0.1, -0.05) is 71.0 Å². The molecule has 0 bridgehead atoms. The van der Waals surface area contributed by atoms with E-state index in [1.165, 1.54) is 23.9 Å². The molecule has 0 aromatic heterocycles. The van der Waals surface area contributed by atoms with E-state index in [1.54, 1.807) is 4.90 Å². The Kier molecular flexibility index (Phi) is 9.61. The van der Waals surface area contributed by atoms with Crippen LogP contribution in [-0.4, -0.2) is 48.3 Å². The van der Waals surface area contributed by atoms with Crippen molar-refractivity contribution in [1.82, 2.24) is 4.90 Å². The monoisotopic (exact) mass is 560 g/mol. The predicted molar refractivity (Wildman–Crippen MR) is 164 cm³/mol. The van der Waals surface area contributed by atoms with Gasteiger partial charge in [0.2, 0.25) is 5.91 Å². The fourth-order valence-electron chi connectivity index (χ4n) is 6.51. The van der Waals surface area contributed by atoms with Gasteiger partial charge >= 0.3 is 5.97 Å². The largest absolute Gasteiger partial charge is 0.469 e. The third-order valence-corrected chi connectivity index (χ3v) is 9.09. The molecule has 0 unspecified atom stereocenters. The van der Waals surface area contributed by atoms with Gasteiger partial charge < -0.3 is 14.5 Å². The van der Waals surface area contributed by atoms with Gasteiger partial charge in [0.15, 0.2) is 5.78 Å². The van der Waals surface area contributed by atoms with Crippen LogP contribution in [-0.2, 0) is 31.0 Å². The second kappa shape index (κ2) is 12.8. The number of hydrogen-bond donors (Lipinski definition) is 0. The Morgan fingerprint density at radius 2 is 1.61 bits per heavy atom. The number of rotatable bonds is 9. The number of anilines is 1. The number of hydrogen-bond acceptors (Lipinski definition) is 5. The summed E-state index contributed by atoms with van der Waals surface area (Å²) in [6, 6.07) is 17.8. The highest BCUT2D eigenvalue weighted by molar-refractivity contribution is 5.92. The Morgan fingerprint density at radius 1 is 0.951 bits per heavy atom. The Morgan fingerprint density at radius 3 is 2.20 bits per heavy atom. The van der Waals surface area contributed by atoms with E-state index in [4.69, 9.17) is 4.74 Å². The van der Waals surface area contributed by atoms with Gasteiger partial charge in [-0.25, -0.2) is 0 Å². The minimum absolute atomic E-state index is 0.0141. The molecule has 2 aromatic rings. The van der Waals surface area contributed by atoms with Gasteiger partial charge in [-0.05, 0) is 72.8 Å². The van der Waals surface area contributed by atoms with Crippen LogP contribution in [0, 0.1) is 11.8 Å². The Labute approximate surface area is 246 Å². The van der Waals surface area contributed by atoms with E-state index in [2.05, 4.69) is 81.1 Å². The fraction of sp³-hybridized carbons (Fsp3) is 0.571. The molecule has 0 radical (unpaired) electrons. The van der Waals surface area contributed by atoms with Crippen molar-refractivity contribution < 1.29 is 19.1 Å². The number of ketones is 1. The maximum Gasteiger partial charge on any atom is 0.306 e. The summed E-state index contributed by atoms with van der Waals surface area (Å²) in [6.07, 6.45) is 4.07. The van der Waals surface area contributed by atoms with E-state index in [9.17, 15) is 14.4 Å². The van der Waals surface area contributed by atoms with Crippen LogP contribution in [0.4, 0.5) is 5.69 Å². The lowest BCUT2D eigenvalue weighted by Crippen LogP contribution is -2.45. The van der Waals surface area contributed by atoms with Crippen molar-refractivity contribution in [2.24, 2.45) is 11.8 Å². The van der Waals surface area contributed by atoms with Crippen molar-refractivity contribution in [1.29, 1.82) is 0 Å². The quantitative estimate of drug-likeness (QED) is 0.321. The number of ether oxygens (including phenoxy) is 1. The van der Waals surface area contributed by atoms with E-state index in [0.29, 0.717) is 31.5 Å². The molecule has 2 saturated heterocycles. The number of amides is 1. The van der Waals surface area contributed by atoms with Gasteiger partial charge in [-0.2, -0.15) is 0 Å². The Bertz CT molecular complexity index is 1210. The maximum atomic E-state index is 13.4. The van der Waals surface area contributed by atoms with E-state index < -0.39 is 17.9 Å². The number of carbonyl (C=O) groups is 3. The van der Waals surface area contributed by atoms with Crippen LogP contribution in [0.2, 0.25) is 0 Å². The summed E-state index contributed by atoms with van der Waals surface area (Å²) in [7, 11) is 1.34. The van der Waals surface area contributed by atoms with Crippen molar-refractivity contribution in [3.63, 3.8) is 0 Å². The Hall–Kier alpha value is -3.15. The van der Waals surface area contributed by atoms with Crippen LogP contribution in [0.15, 0.2) is 48.5 Å². The minimum atomic E-state index is -0.475. The molecule has 2 aromatic carbocycles. The lowest BCUT2D eigenvalue weighted by molar-refractivity contribution is -0.149. The van der Waals surface area contributed by atoms with Crippen molar-refractivity contribution in [2.45, 2.75) is 104 Å². The molecule has 0 N–H and O–H groups in total. The van der Waals surface area contributed by atoms with Crippen molar-refractivity contribution in [3.05, 3.63) is 65.2 Å². The number of benzene rings is 2. The summed E-state index contributed by atoms with van der Waals surface area (Å²) in [5.74, 6) is -0.922. The number of Topliss-reactive ketones (excluding diaryl/α,β-unsaturated/α-hetero) is 1. The molecule has 2 fully saturated rings. The summed E-state index contributed by atoms with van der Waals surface area (Å²) in [6.45, 7) is 13.5. The average molecular weight is 561 g/mol. The van der Waals surface area contributed by atoms with Crippen LogP contribution < -0.4 is 4.90 Å². The Balaban J connectivity index is 1.44. The molecule has 1 amide bonds. The molecule has 6 heteroatoms. The summed E-state index contributed by atoms with van der Waals surface area (Å²) >= 11 is 0. The van der Waals surface area contributed by atoms with Gasteiger partial charge in [0.25, 0.3) is 0 Å². The minimum Gasteiger partial charge on any atom is -0.469 e. The third kappa shape index (κ3) is 7.02. The van der Waals surface area contributed by atoms with Crippen molar-refractivity contribution >= 4 is 23.3 Å². The number of nitrogens with zero attached hydrogens (tertiary/aromatic N) is 2. The zero-order valence-electron chi connectivity index (χ0n) is 26.0. The van der Waals surface area contributed by atoms with E-state index in [1.807, 2.05) is 13.8 Å². The first kappa shape index (κ1) is 30.8. The van der Waals surface area contributed by atoms with E-state index >= 15 is 0 Å². The second-order valence-corrected chi connectivity index (χ2v) is 13.4. The van der Waals surface area contributed by atoms with Crippen LogP contribution in [0.3, 0.4) is 0 Å².